The molecule has 0 saturated carbocycles. The molecule has 1 aliphatic rings. The Balaban J connectivity index is 1.87. The fourth-order valence-electron chi connectivity index (χ4n) is 3.07. The maximum atomic E-state index is 13.3. The van der Waals surface area contributed by atoms with Gasteiger partial charge in [0.1, 0.15) is 12.3 Å². The average molecular weight is 404 g/mol. The monoisotopic (exact) mass is 404 g/mol. The van der Waals surface area contributed by atoms with Crippen molar-refractivity contribution < 1.29 is 22.7 Å². The molecule has 0 bridgehead atoms. The van der Waals surface area contributed by atoms with Gasteiger partial charge in [0.25, 0.3) is 10.0 Å². The van der Waals surface area contributed by atoms with Gasteiger partial charge in [0, 0.05) is 13.2 Å². The number of methoxy groups -OCH3 is 1. The van der Waals surface area contributed by atoms with Crippen molar-refractivity contribution in [1.82, 2.24) is 5.32 Å². The first-order valence-corrected chi connectivity index (χ1v) is 10.6. The van der Waals surface area contributed by atoms with Crippen LogP contribution in [-0.2, 0) is 19.6 Å². The molecule has 1 saturated heterocycles. The SMILES string of the molecule is COc1ccccc1N(CC(=O)NCC1CCCO1)S(=O)(=O)c1ccccc1. The van der Waals surface area contributed by atoms with Gasteiger partial charge < -0.3 is 14.8 Å². The summed E-state index contributed by atoms with van der Waals surface area (Å²) in [7, 11) is -2.50. The summed E-state index contributed by atoms with van der Waals surface area (Å²) in [6.45, 7) is 0.699. The summed E-state index contributed by atoms with van der Waals surface area (Å²) in [5.74, 6) is -0.0326. The van der Waals surface area contributed by atoms with Gasteiger partial charge in [-0.05, 0) is 37.1 Å². The summed E-state index contributed by atoms with van der Waals surface area (Å²) in [5, 5.41) is 2.78. The number of carbonyl (C=O) groups excluding carboxylic acids is 1. The lowest BCUT2D eigenvalue weighted by Gasteiger charge is -2.25. The van der Waals surface area contributed by atoms with E-state index in [9.17, 15) is 13.2 Å². The van der Waals surface area contributed by atoms with Gasteiger partial charge in [0.2, 0.25) is 5.91 Å². The third-order valence-electron chi connectivity index (χ3n) is 4.52. The predicted octanol–water partition coefficient (Wildman–Crippen LogP) is 2.19. The molecule has 150 valence electrons. The highest BCUT2D eigenvalue weighted by molar-refractivity contribution is 7.92. The van der Waals surface area contributed by atoms with Gasteiger partial charge in [-0.25, -0.2) is 8.42 Å². The summed E-state index contributed by atoms with van der Waals surface area (Å²) in [4.78, 5) is 12.7. The van der Waals surface area contributed by atoms with Crippen molar-refractivity contribution in [2.24, 2.45) is 0 Å². The quantitative estimate of drug-likeness (QED) is 0.729. The molecule has 1 unspecified atom stereocenters. The summed E-state index contributed by atoms with van der Waals surface area (Å²) in [6, 6.07) is 14.8. The number of amides is 1. The number of hydrogen-bond donors (Lipinski definition) is 1. The first kappa shape index (κ1) is 20.2. The molecule has 2 aromatic rings. The standard InChI is InChI=1S/C20H24N2O5S/c1-26-19-12-6-5-11-18(19)22(28(24,25)17-9-3-2-4-10-17)15-20(23)21-14-16-8-7-13-27-16/h2-6,9-12,16H,7-8,13-15H2,1H3,(H,21,23). The molecule has 7 nitrogen and oxygen atoms in total. The third-order valence-corrected chi connectivity index (χ3v) is 6.30. The largest absolute Gasteiger partial charge is 0.495 e. The van der Waals surface area contributed by atoms with E-state index in [4.69, 9.17) is 9.47 Å². The van der Waals surface area contributed by atoms with Crippen molar-refractivity contribution in [3.63, 3.8) is 0 Å². The van der Waals surface area contributed by atoms with Crippen LogP contribution in [0.2, 0.25) is 0 Å². The Bertz CT molecular complexity index is 896. The van der Waals surface area contributed by atoms with Gasteiger partial charge in [-0.15, -0.1) is 0 Å². The summed E-state index contributed by atoms with van der Waals surface area (Å²) < 4.78 is 38.4. The molecule has 8 heteroatoms. The molecule has 0 aromatic heterocycles. The predicted molar refractivity (Wildman–Crippen MR) is 106 cm³/mol. The highest BCUT2D eigenvalue weighted by Crippen LogP contribution is 2.32. The van der Waals surface area contributed by atoms with Gasteiger partial charge in [-0.2, -0.15) is 0 Å². The van der Waals surface area contributed by atoms with Crippen LogP contribution in [-0.4, -0.2) is 47.2 Å². The van der Waals surface area contributed by atoms with Crippen LogP contribution in [0.15, 0.2) is 59.5 Å². The summed E-state index contributed by atoms with van der Waals surface area (Å²) >= 11 is 0. The number of sulfonamides is 1. The number of para-hydroxylation sites is 2. The molecule has 3 rings (SSSR count). The van der Waals surface area contributed by atoms with Crippen LogP contribution in [0.4, 0.5) is 5.69 Å². The van der Waals surface area contributed by atoms with Crippen molar-refractivity contribution in [2.45, 2.75) is 23.8 Å². The fourth-order valence-corrected chi connectivity index (χ4v) is 4.53. The van der Waals surface area contributed by atoms with Crippen LogP contribution in [0.3, 0.4) is 0 Å². The van der Waals surface area contributed by atoms with Gasteiger partial charge in [0.15, 0.2) is 0 Å². The number of anilines is 1. The Hall–Kier alpha value is -2.58. The van der Waals surface area contributed by atoms with E-state index in [1.807, 2.05) is 0 Å². The van der Waals surface area contributed by atoms with E-state index in [-0.39, 0.29) is 17.5 Å². The molecule has 0 radical (unpaired) electrons. The second kappa shape index (κ2) is 9.07. The number of ether oxygens (including phenoxy) is 2. The normalized spacial score (nSPS) is 16.5. The lowest BCUT2D eigenvalue weighted by Crippen LogP contribution is -2.43. The molecule has 28 heavy (non-hydrogen) atoms. The van der Waals surface area contributed by atoms with Crippen molar-refractivity contribution in [3.8, 4) is 5.75 Å². The van der Waals surface area contributed by atoms with Crippen LogP contribution >= 0.6 is 0 Å². The van der Waals surface area contributed by atoms with Gasteiger partial charge >= 0.3 is 0 Å². The third kappa shape index (κ3) is 4.63. The van der Waals surface area contributed by atoms with Crippen LogP contribution in [0.1, 0.15) is 12.8 Å². The topological polar surface area (TPSA) is 84.9 Å². The average Bonchev–Trinajstić information content (AvgIpc) is 3.25. The molecule has 0 aliphatic carbocycles. The second-order valence-electron chi connectivity index (χ2n) is 6.44. The minimum absolute atomic E-state index is 0.0191. The van der Waals surface area contributed by atoms with E-state index in [1.165, 1.54) is 19.2 Å². The Labute approximate surface area is 165 Å². The Morgan fingerprint density at radius 2 is 1.89 bits per heavy atom. The first-order valence-electron chi connectivity index (χ1n) is 9.11. The molecule has 1 atom stereocenters. The second-order valence-corrected chi connectivity index (χ2v) is 8.30. The van der Waals surface area contributed by atoms with Gasteiger partial charge in [-0.1, -0.05) is 30.3 Å². The number of carbonyl (C=O) groups is 1. The van der Waals surface area contributed by atoms with E-state index < -0.39 is 15.9 Å². The van der Waals surface area contributed by atoms with Crippen molar-refractivity contribution in [3.05, 3.63) is 54.6 Å². The van der Waals surface area contributed by atoms with Gasteiger partial charge in [-0.3, -0.25) is 9.10 Å². The number of rotatable bonds is 8. The Kier molecular flexibility index (Phi) is 6.53. The van der Waals surface area contributed by atoms with Crippen molar-refractivity contribution in [2.75, 3.05) is 31.1 Å². The summed E-state index contributed by atoms with van der Waals surface area (Å²) in [6.07, 6.45) is 1.84. The lowest BCUT2D eigenvalue weighted by molar-refractivity contribution is -0.120. The van der Waals surface area contributed by atoms with E-state index >= 15 is 0 Å². The van der Waals surface area contributed by atoms with Crippen molar-refractivity contribution in [1.29, 1.82) is 0 Å². The molecule has 1 N–H and O–H groups in total. The molecule has 1 fully saturated rings. The first-order chi connectivity index (χ1) is 13.5. The molecular weight excluding hydrogens is 380 g/mol. The lowest BCUT2D eigenvalue weighted by atomic mass is 10.2. The molecule has 2 aromatic carbocycles. The zero-order chi connectivity index (χ0) is 20.0. The van der Waals surface area contributed by atoms with E-state index in [0.717, 1.165) is 17.1 Å². The number of benzene rings is 2. The minimum Gasteiger partial charge on any atom is -0.495 e. The maximum absolute atomic E-state index is 13.3. The van der Waals surface area contributed by atoms with Crippen LogP contribution in [0, 0.1) is 0 Å². The molecule has 0 spiro atoms. The minimum atomic E-state index is -3.96. The molecule has 1 heterocycles. The number of nitrogens with one attached hydrogen (secondary N) is 1. The molecule has 1 aliphatic heterocycles. The highest BCUT2D eigenvalue weighted by atomic mass is 32.2. The van der Waals surface area contributed by atoms with Crippen molar-refractivity contribution >= 4 is 21.6 Å². The zero-order valence-electron chi connectivity index (χ0n) is 15.7. The number of nitrogens with zero attached hydrogens (tertiary/aromatic N) is 1. The van der Waals surface area contributed by atoms with E-state index in [0.29, 0.717) is 24.6 Å². The highest BCUT2D eigenvalue weighted by Gasteiger charge is 2.29. The van der Waals surface area contributed by atoms with Gasteiger partial charge in [0.05, 0.1) is 23.8 Å². The zero-order valence-corrected chi connectivity index (χ0v) is 16.5. The molecular formula is C20H24N2O5S. The van der Waals surface area contributed by atoms with Crippen LogP contribution in [0.25, 0.3) is 0 Å². The Morgan fingerprint density at radius 1 is 1.18 bits per heavy atom. The smallest absolute Gasteiger partial charge is 0.264 e. The van der Waals surface area contributed by atoms with E-state index in [1.54, 1.807) is 42.5 Å². The Morgan fingerprint density at radius 3 is 2.57 bits per heavy atom. The molecule has 1 amide bonds. The fraction of sp³-hybridized carbons (Fsp3) is 0.350. The maximum Gasteiger partial charge on any atom is 0.264 e. The van der Waals surface area contributed by atoms with E-state index in [2.05, 4.69) is 5.32 Å². The summed E-state index contributed by atoms with van der Waals surface area (Å²) in [5.41, 5.74) is 0.307. The number of hydrogen-bond acceptors (Lipinski definition) is 5. The van der Waals surface area contributed by atoms with Crippen LogP contribution in [0.5, 0.6) is 5.75 Å². The van der Waals surface area contributed by atoms with Crippen LogP contribution < -0.4 is 14.4 Å².